The topological polar surface area (TPSA) is 44.6 Å². The molecule has 1 aromatic rings. The van der Waals surface area contributed by atoms with Crippen LogP contribution in [0, 0.1) is 0 Å². The summed E-state index contributed by atoms with van der Waals surface area (Å²) >= 11 is 0. The molecule has 3 heteroatoms. The van der Waals surface area contributed by atoms with Crippen LogP contribution < -0.4 is 5.32 Å². The highest BCUT2D eigenvalue weighted by atomic mass is 16.4. The van der Waals surface area contributed by atoms with Gasteiger partial charge >= 0.3 is 0 Å². The second-order valence-electron chi connectivity index (χ2n) is 3.85. The molecular weight excluding hydrogens is 188 g/mol. The van der Waals surface area contributed by atoms with Crippen LogP contribution in [0.15, 0.2) is 35.5 Å². The molecule has 1 saturated heterocycles. The van der Waals surface area contributed by atoms with E-state index in [0.717, 1.165) is 25.1 Å². The summed E-state index contributed by atoms with van der Waals surface area (Å²) in [6, 6.07) is 10.2. The van der Waals surface area contributed by atoms with Crippen molar-refractivity contribution in [2.24, 2.45) is 5.16 Å². The molecule has 0 bridgehead atoms. The molecular formula is C12H16N2O. The standard InChI is InChI=1S/C12H16N2O/c1-2-12(10-6-4-3-5-7-10)11(14-15)8-9-13-12/h3-7,13,15H,2,8-9H2,1H3. The summed E-state index contributed by atoms with van der Waals surface area (Å²) in [7, 11) is 0. The number of benzene rings is 1. The summed E-state index contributed by atoms with van der Waals surface area (Å²) in [4.78, 5) is 0. The maximum Gasteiger partial charge on any atom is 0.0855 e. The van der Waals surface area contributed by atoms with Gasteiger partial charge in [0, 0.05) is 13.0 Å². The Morgan fingerprint density at radius 3 is 2.73 bits per heavy atom. The predicted octanol–water partition coefficient (Wildman–Crippen LogP) is 2.12. The minimum atomic E-state index is -0.254. The molecule has 1 unspecified atom stereocenters. The highest BCUT2D eigenvalue weighted by molar-refractivity contribution is 5.96. The molecule has 1 atom stereocenters. The second-order valence-corrected chi connectivity index (χ2v) is 3.85. The fourth-order valence-corrected chi connectivity index (χ4v) is 2.37. The van der Waals surface area contributed by atoms with Crippen molar-refractivity contribution < 1.29 is 5.21 Å². The number of hydrogen-bond donors (Lipinski definition) is 2. The number of nitrogens with one attached hydrogen (secondary N) is 1. The van der Waals surface area contributed by atoms with Crippen molar-refractivity contribution in [2.45, 2.75) is 25.3 Å². The minimum absolute atomic E-state index is 0.254. The van der Waals surface area contributed by atoms with E-state index in [0.29, 0.717) is 0 Å². The smallest absolute Gasteiger partial charge is 0.0855 e. The van der Waals surface area contributed by atoms with E-state index in [2.05, 4.69) is 29.5 Å². The fourth-order valence-electron chi connectivity index (χ4n) is 2.37. The van der Waals surface area contributed by atoms with Crippen LogP contribution in [0.5, 0.6) is 0 Å². The van der Waals surface area contributed by atoms with Gasteiger partial charge in [-0.15, -0.1) is 0 Å². The Morgan fingerprint density at radius 1 is 1.40 bits per heavy atom. The largest absolute Gasteiger partial charge is 0.411 e. The van der Waals surface area contributed by atoms with Gasteiger partial charge in [-0.25, -0.2) is 0 Å². The molecule has 1 aliphatic rings. The molecule has 0 aromatic heterocycles. The molecule has 0 spiro atoms. The highest BCUT2D eigenvalue weighted by Gasteiger charge is 2.39. The summed E-state index contributed by atoms with van der Waals surface area (Å²) < 4.78 is 0. The Balaban J connectivity index is 2.46. The van der Waals surface area contributed by atoms with E-state index in [9.17, 15) is 0 Å². The first-order chi connectivity index (χ1) is 7.33. The molecule has 2 N–H and O–H groups in total. The van der Waals surface area contributed by atoms with Gasteiger partial charge in [-0.2, -0.15) is 0 Å². The van der Waals surface area contributed by atoms with Gasteiger partial charge in [0.2, 0.25) is 0 Å². The van der Waals surface area contributed by atoms with Gasteiger partial charge in [-0.3, -0.25) is 0 Å². The first kappa shape index (κ1) is 10.2. The van der Waals surface area contributed by atoms with E-state index in [-0.39, 0.29) is 5.54 Å². The zero-order chi connectivity index (χ0) is 10.7. The van der Waals surface area contributed by atoms with Crippen molar-refractivity contribution in [3.05, 3.63) is 35.9 Å². The number of hydrogen-bond acceptors (Lipinski definition) is 3. The molecule has 15 heavy (non-hydrogen) atoms. The Bertz CT molecular complexity index is 361. The molecule has 1 aliphatic heterocycles. The van der Waals surface area contributed by atoms with Gasteiger partial charge in [-0.05, 0) is 12.0 Å². The van der Waals surface area contributed by atoms with E-state index in [4.69, 9.17) is 5.21 Å². The van der Waals surface area contributed by atoms with Crippen molar-refractivity contribution in [2.75, 3.05) is 6.54 Å². The Labute approximate surface area is 89.8 Å². The lowest BCUT2D eigenvalue weighted by Crippen LogP contribution is -2.41. The molecule has 0 aliphatic carbocycles. The first-order valence-corrected chi connectivity index (χ1v) is 5.35. The minimum Gasteiger partial charge on any atom is -0.411 e. The van der Waals surface area contributed by atoms with Gasteiger partial charge < -0.3 is 10.5 Å². The summed E-state index contributed by atoms with van der Waals surface area (Å²) in [5, 5.41) is 15.9. The molecule has 1 aromatic carbocycles. The van der Waals surface area contributed by atoms with Crippen LogP contribution in [0.1, 0.15) is 25.3 Å². The summed E-state index contributed by atoms with van der Waals surface area (Å²) in [6.07, 6.45) is 1.72. The van der Waals surface area contributed by atoms with E-state index in [1.54, 1.807) is 0 Å². The number of rotatable bonds is 2. The monoisotopic (exact) mass is 204 g/mol. The maximum atomic E-state index is 9.04. The van der Waals surface area contributed by atoms with Crippen LogP contribution in [0.2, 0.25) is 0 Å². The van der Waals surface area contributed by atoms with E-state index in [1.807, 2.05) is 18.2 Å². The second kappa shape index (κ2) is 4.03. The summed E-state index contributed by atoms with van der Waals surface area (Å²) in [5.74, 6) is 0. The van der Waals surface area contributed by atoms with Crippen LogP contribution in [-0.4, -0.2) is 17.5 Å². The van der Waals surface area contributed by atoms with Crippen LogP contribution in [-0.2, 0) is 5.54 Å². The van der Waals surface area contributed by atoms with Crippen LogP contribution in [0.3, 0.4) is 0 Å². The molecule has 1 heterocycles. The lowest BCUT2D eigenvalue weighted by Gasteiger charge is -2.28. The molecule has 3 nitrogen and oxygen atoms in total. The third-order valence-corrected chi connectivity index (χ3v) is 3.20. The Kier molecular flexibility index (Phi) is 2.73. The van der Waals surface area contributed by atoms with Gasteiger partial charge in [-0.1, -0.05) is 42.4 Å². The van der Waals surface area contributed by atoms with Crippen LogP contribution >= 0.6 is 0 Å². The zero-order valence-electron chi connectivity index (χ0n) is 8.90. The van der Waals surface area contributed by atoms with Crippen LogP contribution in [0.25, 0.3) is 0 Å². The molecule has 0 saturated carbocycles. The average molecular weight is 204 g/mol. The summed E-state index contributed by atoms with van der Waals surface area (Å²) in [5.41, 5.74) is 1.77. The number of nitrogens with zero attached hydrogens (tertiary/aromatic N) is 1. The molecule has 0 amide bonds. The van der Waals surface area contributed by atoms with Gasteiger partial charge in [0.05, 0.1) is 11.3 Å². The van der Waals surface area contributed by atoms with Crippen molar-refractivity contribution in [3.63, 3.8) is 0 Å². The van der Waals surface area contributed by atoms with Crippen molar-refractivity contribution in [1.29, 1.82) is 0 Å². The van der Waals surface area contributed by atoms with Crippen molar-refractivity contribution in [1.82, 2.24) is 5.32 Å². The van der Waals surface area contributed by atoms with Crippen LogP contribution in [0.4, 0.5) is 0 Å². The third-order valence-electron chi connectivity index (χ3n) is 3.20. The number of oxime groups is 1. The quantitative estimate of drug-likeness (QED) is 0.572. The molecule has 2 rings (SSSR count). The van der Waals surface area contributed by atoms with Crippen molar-refractivity contribution in [3.8, 4) is 0 Å². The van der Waals surface area contributed by atoms with E-state index in [1.165, 1.54) is 5.56 Å². The van der Waals surface area contributed by atoms with Gasteiger partial charge in [0.25, 0.3) is 0 Å². The van der Waals surface area contributed by atoms with Gasteiger partial charge in [0.1, 0.15) is 0 Å². The molecule has 0 radical (unpaired) electrons. The SMILES string of the molecule is CCC1(c2ccccc2)NCCC1=NO. The normalized spacial score (nSPS) is 28.5. The van der Waals surface area contributed by atoms with E-state index < -0.39 is 0 Å². The Hall–Kier alpha value is -1.35. The third kappa shape index (κ3) is 1.53. The summed E-state index contributed by atoms with van der Waals surface area (Å²) in [6.45, 7) is 2.98. The Morgan fingerprint density at radius 2 is 2.13 bits per heavy atom. The lowest BCUT2D eigenvalue weighted by molar-refractivity contribution is 0.310. The average Bonchev–Trinajstić information content (AvgIpc) is 2.74. The zero-order valence-corrected chi connectivity index (χ0v) is 8.90. The predicted molar refractivity (Wildman–Crippen MR) is 60.3 cm³/mol. The maximum absolute atomic E-state index is 9.04. The van der Waals surface area contributed by atoms with E-state index >= 15 is 0 Å². The molecule has 1 fully saturated rings. The van der Waals surface area contributed by atoms with Gasteiger partial charge in [0.15, 0.2) is 0 Å². The lowest BCUT2D eigenvalue weighted by atomic mass is 9.84. The first-order valence-electron chi connectivity index (χ1n) is 5.35. The highest BCUT2D eigenvalue weighted by Crippen LogP contribution is 2.31. The molecule has 80 valence electrons. The van der Waals surface area contributed by atoms with Crippen molar-refractivity contribution >= 4 is 5.71 Å². The fraction of sp³-hybridized carbons (Fsp3) is 0.417.